The predicted molar refractivity (Wildman–Crippen MR) is 124 cm³/mol. The molecular formula is C24H16Br2O5. The van der Waals surface area contributed by atoms with Gasteiger partial charge in [0.2, 0.25) is 5.78 Å². The van der Waals surface area contributed by atoms with Gasteiger partial charge in [-0.1, -0.05) is 28.1 Å². The Morgan fingerprint density at radius 1 is 1.06 bits per heavy atom. The SMILES string of the molecule is COc1ccc(Br)cc1/C=C1\Oc2cc(OC(=O)c3ccccc3Br)cc(C)c2C1=O. The number of ketones is 1. The molecule has 1 heterocycles. The van der Waals surface area contributed by atoms with Crippen molar-refractivity contribution in [1.82, 2.24) is 0 Å². The first-order valence-corrected chi connectivity index (χ1v) is 10.8. The number of methoxy groups -OCH3 is 1. The average Bonchev–Trinajstić information content (AvgIpc) is 3.04. The molecule has 0 atom stereocenters. The van der Waals surface area contributed by atoms with Gasteiger partial charge in [0, 0.05) is 20.6 Å². The average molecular weight is 544 g/mol. The molecule has 1 aliphatic heterocycles. The van der Waals surface area contributed by atoms with E-state index < -0.39 is 5.97 Å². The molecule has 5 nitrogen and oxygen atoms in total. The lowest BCUT2D eigenvalue weighted by molar-refractivity contribution is 0.0733. The van der Waals surface area contributed by atoms with Crippen LogP contribution in [-0.4, -0.2) is 18.9 Å². The van der Waals surface area contributed by atoms with Crippen LogP contribution in [0, 0.1) is 6.92 Å². The molecular weight excluding hydrogens is 528 g/mol. The molecule has 1 aliphatic rings. The highest BCUT2D eigenvalue weighted by Gasteiger charge is 2.30. The summed E-state index contributed by atoms with van der Waals surface area (Å²) in [5, 5.41) is 0. The number of Topliss-reactive ketones (excluding diaryl/α,β-unsaturated/α-hetero) is 1. The van der Waals surface area contributed by atoms with Crippen LogP contribution in [0.2, 0.25) is 0 Å². The fourth-order valence-electron chi connectivity index (χ4n) is 3.28. The number of hydrogen-bond acceptors (Lipinski definition) is 5. The van der Waals surface area contributed by atoms with Crippen molar-refractivity contribution in [3.8, 4) is 17.2 Å². The third-order valence-corrected chi connectivity index (χ3v) is 5.91. The molecule has 0 spiro atoms. The molecule has 0 saturated carbocycles. The van der Waals surface area contributed by atoms with E-state index in [1.54, 1.807) is 56.5 Å². The summed E-state index contributed by atoms with van der Waals surface area (Å²) in [6.45, 7) is 1.78. The second-order valence-electron chi connectivity index (χ2n) is 6.81. The molecule has 0 amide bonds. The standard InChI is InChI=1S/C24H16Br2O5/c1-13-9-16(30-24(28)17-5-3-4-6-18(17)26)12-20-22(13)23(27)21(31-20)11-14-10-15(25)7-8-19(14)29-2/h3-12H,1-2H3/b21-11-. The van der Waals surface area contributed by atoms with Crippen molar-refractivity contribution >= 4 is 49.7 Å². The smallest absolute Gasteiger partial charge is 0.344 e. The monoisotopic (exact) mass is 542 g/mol. The Morgan fingerprint density at radius 2 is 1.84 bits per heavy atom. The largest absolute Gasteiger partial charge is 0.496 e. The maximum Gasteiger partial charge on any atom is 0.344 e. The molecule has 0 aromatic heterocycles. The van der Waals surface area contributed by atoms with Gasteiger partial charge in [0.05, 0.1) is 18.2 Å². The van der Waals surface area contributed by atoms with Crippen LogP contribution in [0.3, 0.4) is 0 Å². The van der Waals surface area contributed by atoms with Crippen molar-refractivity contribution < 1.29 is 23.8 Å². The van der Waals surface area contributed by atoms with Gasteiger partial charge in [0.15, 0.2) is 5.76 Å². The number of allylic oxidation sites excluding steroid dienone is 1. The van der Waals surface area contributed by atoms with E-state index in [-0.39, 0.29) is 11.5 Å². The second kappa shape index (κ2) is 8.69. The molecule has 3 aromatic carbocycles. The summed E-state index contributed by atoms with van der Waals surface area (Å²) in [5.74, 6) is 0.682. The normalized spacial score (nSPS) is 13.7. The second-order valence-corrected chi connectivity index (χ2v) is 8.58. The van der Waals surface area contributed by atoms with Crippen LogP contribution in [0.15, 0.2) is 69.3 Å². The maximum absolute atomic E-state index is 12.9. The van der Waals surface area contributed by atoms with Gasteiger partial charge in [0.1, 0.15) is 17.2 Å². The first-order chi connectivity index (χ1) is 14.9. The van der Waals surface area contributed by atoms with Gasteiger partial charge in [0.25, 0.3) is 0 Å². The van der Waals surface area contributed by atoms with E-state index in [0.717, 1.165) is 4.47 Å². The van der Waals surface area contributed by atoms with Crippen molar-refractivity contribution in [3.63, 3.8) is 0 Å². The highest BCUT2D eigenvalue weighted by atomic mass is 79.9. The van der Waals surface area contributed by atoms with Gasteiger partial charge >= 0.3 is 5.97 Å². The predicted octanol–water partition coefficient (Wildman–Crippen LogP) is 6.36. The number of hydrogen-bond donors (Lipinski definition) is 0. The van der Waals surface area contributed by atoms with E-state index in [1.807, 2.05) is 18.2 Å². The number of ether oxygens (including phenoxy) is 3. The fourth-order valence-corrected chi connectivity index (χ4v) is 4.11. The molecule has 31 heavy (non-hydrogen) atoms. The van der Waals surface area contributed by atoms with Crippen molar-refractivity contribution in [1.29, 1.82) is 0 Å². The lowest BCUT2D eigenvalue weighted by Crippen LogP contribution is -2.09. The van der Waals surface area contributed by atoms with E-state index in [4.69, 9.17) is 14.2 Å². The topological polar surface area (TPSA) is 61.8 Å². The van der Waals surface area contributed by atoms with Crippen molar-refractivity contribution in [3.05, 3.63) is 91.6 Å². The number of carbonyl (C=O) groups excluding carboxylic acids is 2. The van der Waals surface area contributed by atoms with Gasteiger partial charge in [-0.15, -0.1) is 0 Å². The Bertz CT molecular complexity index is 1250. The van der Waals surface area contributed by atoms with Gasteiger partial charge in [-0.3, -0.25) is 4.79 Å². The molecule has 0 bridgehead atoms. The van der Waals surface area contributed by atoms with E-state index in [9.17, 15) is 9.59 Å². The van der Waals surface area contributed by atoms with E-state index in [2.05, 4.69) is 31.9 Å². The molecule has 4 rings (SSSR count). The van der Waals surface area contributed by atoms with Crippen LogP contribution in [-0.2, 0) is 0 Å². The summed E-state index contributed by atoms with van der Waals surface area (Å²) < 4.78 is 18.2. The molecule has 0 unspecified atom stereocenters. The van der Waals surface area contributed by atoms with Gasteiger partial charge < -0.3 is 14.2 Å². The number of fused-ring (bicyclic) bond motifs is 1. The molecule has 3 aromatic rings. The first-order valence-electron chi connectivity index (χ1n) is 9.26. The first kappa shape index (κ1) is 21.3. The number of esters is 1. The van der Waals surface area contributed by atoms with Crippen molar-refractivity contribution in [2.24, 2.45) is 0 Å². The zero-order valence-corrected chi connectivity index (χ0v) is 19.7. The Morgan fingerprint density at radius 3 is 2.58 bits per heavy atom. The maximum atomic E-state index is 12.9. The minimum Gasteiger partial charge on any atom is -0.496 e. The lowest BCUT2D eigenvalue weighted by Gasteiger charge is -2.08. The minimum atomic E-state index is -0.509. The van der Waals surface area contributed by atoms with Crippen LogP contribution >= 0.6 is 31.9 Å². The lowest BCUT2D eigenvalue weighted by atomic mass is 10.0. The van der Waals surface area contributed by atoms with Crippen LogP contribution in [0.5, 0.6) is 17.2 Å². The number of rotatable bonds is 4. The highest BCUT2D eigenvalue weighted by molar-refractivity contribution is 9.10. The summed E-state index contributed by atoms with van der Waals surface area (Å²) in [6, 6.07) is 15.7. The molecule has 0 saturated heterocycles. The van der Waals surface area contributed by atoms with Gasteiger partial charge in [-0.25, -0.2) is 4.79 Å². The Labute approximate surface area is 195 Å². The van der Waals surface area contributed by atoms with Gasteiger partial charge in [-0.05, 0) is 70.9 Å². The number of carbonyl (C=O) groups is 2. The van der Waals surface area contributed by atoms with Gasteiger partial charge in [-0.2, -0.15) is 0 Å². The molecule has 7 heteroatoms. The molecule has 0 radical (unpaired) electrons. The summed E-state index contributed by atoms with van der Waals surface area (Å²) in [6.07, 6.45) is 1.64. The minimum absolute atomic E-state index is 0.170. The quantitative estimate of drug-likeness (QED) is 0.217. The van der Waals surface area contributed by atoms with Crippen LogP contribution in [0.25, 0.3) is 6.08 Å². The van der Waals surface area contributed by atoms with Crippen LogP contribution < -0.4 is 14.2 Å². The third kappa shape index (κ3) is 4.29. The van der Waals surface area contributed by atoms with Crippen molar-refractivity contribution in [2.75, 3.05) is 7.11 Å². The highest BCUT2D eigenvalue weighted by Crippen LogP contribution is 2.38. The number of halogens is 2. The van der Waals surface area contributed by atoms with Crippen molar-refractivity contribution in [2.45, 2.75) is 6.92 Å². The zero-order valence-electron chi connectivity index (χ0n) is 16.6. The molecule has 156 valence electrons. The van der Waals surface area contributed by atoms with Crippen LogP contribution in [0.1, 0.15) is 31.8 Å². The number of benzene rings is 3. The van der Waals surface area contributed by atoms with Crippen LogP contribution in [0.4, 0.5) is 0 Å². The molecule has 0 aliphatic carbocycles. The summed E-state index contributed by atoms with van der Waals surface area (Å²) in [4.78, 5) is 25.5. The zero-order chi connectivity index (χ0) is 22.1. The van der Waals surface area contributed by atoms with E-state index >= 15 is 0 Å². The van der Waals surface area contributed by atoms with E-state index in [0.29, 0.717) is 44.0 Å². The summed E-state index contributed by atoms with van der Waals surface area (Å²) in [5.41, 5.74) is 2.20. The fraction of sp³-hybridized carbons (Fsp3) is 0.0833. The Hall–Kier alpha value is -2.90. The third-order valence-electron chi connectivity index (χ3n) is 4.73. The van der Waals surface area contributed by atoms with E-state index in [1.165, 1.54) is 0 Å². The summed E-state index contributed by atoms with van der Waals surface area (Å²) in [7, 11) is 1.56. The Kier molecular flexibility index (Phi) is 5.98. The Balaban J connectivity index is 1.65. The summed E-state index contributed by atoms with van der Waals surface area (Å²) >= 11 is 6.77. The molecule has 0 fully saturated rings. The number of aryl methyl sites for hydroxylation is 1. The molecule has 0 N–H and O–H groups in total.